The van der Waals surface area contributed by atoms with E-state index in [0.717, 1.165) is 0 Å². The fourth-order valence-electron chi connectivity index (χ4n) is 0.863. The van der Waals surface area contributed by atoms with Crippen molar-refractivity contribution < 1.29 is 9.50 Å². The molecule has 1 aromatic rings. The SMILES string of the molecule is C=C(CCl)c1cc(F)ccc1O. The van der Waals surface area contributed by atoms with Crippen molar-refractivity contribution in [3.63, 3.8) is 0 Å². The molecule has 0 amide bonds. The number of hydrogen-bond acceptors (Lipinski definition) is 1. The molecule has 0 aliphatic rings. The van der Waals surface area contributed by atoms with Gasteiger partial charge in [-0.1, -0.05) is 6.58 Å². The molecule has 12 heavy (non-hydrogen) atoms. The first kappa shape index (κ1) is 9.07. The molecule has 0 unspecified atom stereocenters. The van der Waals surface area contributed by atoms with Gasteiger partial charge in [0.15, 0.2) is 0 Å². The first-order valence-electron chi connectivity index (χ1n) is 3.37. The molecule has 64 valence electrons. The molecular weight excluding hydrogens is 179 g/mol. The van der Waals surface area contributed by atoms with Crippen LogP contribution < -0.4 is 0 Å². The molecule has 0 radical (unpaired) electrons. The molecule has 0 saturated heterocycles. The summed E-state index contributed by atoms with van der Waals surface area (Å²) in [7, 11) is 0. The second kappa shape index (κ2) is 3.59. The summed E-state index contributed by atoms with van der Waals surface area (Å²) >= 11 is 5.48. The molecule has 0 fully saturated rings. The topological polar surface area (TPSA) is 20.2 Å². The van der Waals surface area contributed by atoms with Crippen LogP contribution in [0.1, 0.15) is 5.56 Å². The minimum atomic E-state index is -0.408. The Morgan fingerprint density at radius 2 is 2.25 bits per heavy atom. The lowest BCUT2D eigenvalue weighted by molar-refractivity contribution is 0.471. The summed E-state index contributed by atoms with van der Waals surface area (Å²) in [6, 6.07) is 3.67. The molecule has 1 aromatic carbocycles. The van der Waals surface area contributed by atoms with Gasteiger partial charge in [-0.25, -0.2) is 4.39 Å². The summed E-state index contributed by atoms with van der Waals surface area (Å²) in [6.07, 6.45) is 0. The van der Waals surface area contributed by atoms with E-state index in [4.69, 9.17) is 11.6 Å². The van der Waals surface area contributed by atoms with Crippen LogP contribution in [0.15, 0.2) is 24.8 Å². The third kappa shape index (κ3) is 1.77. The van der Waals surface area contributed by atoms with Crippen molar-refractivity contribution in [3.05, 3.63) is 36.2 Å². The van der Waals surface area contributed by atoms with Crippen LogP contribution in [0, 0.1) is 5.82 Å². The highest BCUT2D eigenvalue weighted by Gasteiger charge is 2.04. The van der Waals surface area contributed by atoms with E-state index in [1.54, 1.807) is 0 Å². The normalized spacial score (nSPS) is 9.83. The van der Waals surface area contributed by atoms with Gasteiger partial charge in [0.05, 0.1) is 0 Å². The fourth-order valence-corrected chi connectivity index (χ4v) is 1.01. The van der Waals surface area contributed by atoms with E-state index < -0.39 is 5.82 Å². The lowest BCUT2D eigenvalue weighted by atomic mass is 10.1. The highest BCUT2D eigenvalue weighted by molar-refractivity contribution is 6.23. The molecule has 0 bridgehead atoms. The number of alkyl halides is 1. The van der Waals surface area contributed by atoms with Gasteiger partial charge < -0.3 is 5.11 Å². The third-order valence-electron chi connectivity index (χ3n) is 1.50. The van der Waals surface area contributed by atoms with Crippen molar-refractivity contribution in [1.29, 1.82) is 0 Å². The summed E-state index contributed by atoms with van der Waals surface area (Å²) in [6.45, 7) is 3.59. The Balaban J connectivity index is 3.13. The molecule has 1 nitrogen and oxygen atoms in total. The second-order valence-electron chi connectivity index (χ2n) is 2.40. The van der Waals surface area contributed by atoms with Crippen molar-refractivity contribution in [1.82, 2.24) is 0 Å². The standard InChI is InChI=1S/C9H8ClFO/c1-6(5-10)8-4-7(11)2-3-9(8)12/h2-4,12H,1,5H2. The van der Waals surface area contributed by atoms with E-state index in [9.17, 15) is 9.50 Å². The van der Waals surface area contributed by atoms with E-state index in [2.05, 4.69) is 6.58 Å². The molecular formula is C9H8ClFO. The number of hydrogen-bond donors (Lipinski definition) is 1. The van der Waals surface area contributed by atoms with E-state index in [0.29, 0.717) is 11.1 Å². The number of halogens is 2. The predicted octanol–water partition coefficient (Wildman–Crippen LogP) is 2.78. The summed E-state index contributed by atoms with van der Waals surface area (Å²) in [5.41, 5.74) is 0.874. The van der Waals surface area contributed by atoms with Crippen molar-refractivity contribution in [2.75, 3.05) is 5.88 Å². The van der Waals surface area contributed by atoms with Crippen LogP contribution in [-0.4, -0.2) is 11.0 Å². The van der Waals surface area contributed by atoms with Crippen LogP contribution in [0.5, 0.6) is 5.75 Å². The number of phenolic OH excluding ortho intramolecular Hbond substituents is 1. The largest absolute Gasteiger partial charge is 0.507 e. The summed E-state index contributed by atoms with van der Waals surface area (Å²) in [4.78, 5) is 0. The van der Waals surface area contributed by atoms with Crippen LogP contribution in [0.3, 0.4) is 0 Å². The Bertz CT molecular complexity index is 309. The smallest absolute Gasteiger partial charge is 0.124 e. The highest BCUT2D eigenvalue weighted by Crippen LogP contribution is 2.25. The van der Waals surface area contributed by atoms with Crippen LogP contribution in [0.25, 0.3) is 5.57 Å². The number of allylic oxidation sites excluding steroid dienone is 1. The minimum absolute atomic E-state index is 0.00190. The molecule has 1 rings (SSSR count). The van der Waals surface area contributed by atoms with Crippen LogP contribution in [0.4, 0.5) is 4.39 Å². The van der Waals surface area contributed by atoms with Gasteiger partial charge in [-0.2, -0.15) is 0 Å². The molecule has 1 N–H and O–H groups in total. The van der Waals surface area contributed by atoms with Crippen molar-refractivity contribution >= 4 is 17.2 Å². The first-order valence-corrected chi connectivity index (χ1v) is 3.91. The fraction of sp³-hybridized carbons (Fsp3) is 0.111. The van der Waals surface area contributed by atoms with E-state index in [1.807, 2.05) is 0 Å². The molecule has 0 aliphatic heterocycles. The average Bonchev–Trinajstić information content (AvgIpc) is 2.08. The Morgan fingerprint density at radius 3 is 2.83 bits per heavy atom. The monoisotopic (exact) mass is 186 g/mol. The zero-order valence-electron chi connectivity index (χ0n) is 6.35. The minimum Gasteiger partial charge on any atom is -0.507 e. The van der Waals surface area contributed by atoms with Gasteiger partial charge in [-0.15, -0.1) is 11.6 Å². The maximum atomic E-state index is 12.6. The molecule has 0 spiro atoms. The Kier molecular flexibility index (Phi) is 2.71. The maximum absolute atomic E-state index is 12.6. The number of aromatic hydroxyl groups is 1. The molecule has 0 aliphatic carbocycles. The highest BCUT2D eigenvalue weighted by atomic mass is 35.5. The van der Waals surface area contributed by atoms with Crippen LogP contribution in [-0.2, 0) is 0 Å². The summed E-state index contributed by atoms with van der Waals surface area (Å²) in [5, 5.41) is 9.25. The van der Waals surface area contributed by atoms with Gasteiger partial charge in [0.2, 0.25) is 0 Å². The van der Waals surface area contributed by atoms with E-state index in [-0.39, 0.29) is 11.6 Å². The van der Waals surface area contributed by atoms with Gasteiger partial charge in [-0.3, -0.25) is 0 Å². The van der Waals surface area contributed by atoms with Crippen molar-refractivity contribution in [2.45, 2.75) is 0 Å². The molecule has 0 saturated carbocycles. The molecule has 0 atom stereocenters. The van der Waals surface area contributed by atoms with Crippen LogP contribution >= 0.6 is 11.6 Å². The Morgan fingerprint density at radius 1 is 1.58 bits per heavy atom. The molecule has 0 aromatic heterocycles. The second-order valence-corrected chi connectivity index (χ2v) is 2.67. The van der Waals surface area contributed by atoms with Crippen molar-refractivity contribution in [3.8, 4) is 5.75 Å². The maximum Gasteiger partial charge on any atom is 0.124 e. The number of rotatable bonds is 2. The Labute approximate surface area is 75.1 Å². The zero-order chi connectivity index (χ0) is 9.14. The average molecular weight is 187 g/mol. The van der Waals surface area contributed by atoms with Gasteiger partial charge in [0.25, 0.3) is 0 Å². The predicted molar refractivity (Wildman–Crippen MR) is 47.8 cm³/mol. The summed E-state index contributed by atoms with van der Waals surface area (Å²) in [5.74, 6) is -0.229. The lowest BCUT2D eigenvalue weighted by Gasteiger charge is -2.04. The van der Waals surface area contributed by atoms with Crippen molar-refractivity contribution in [2.24, 2.45) is 0 Å². The van der Waals surface area contributed by atoms with Gasteiger partial charge in [-0.05, 0) is 23.8 Å². The third-order valence-corrected chi connectivity index (χ3v) is 1.82. The number of benzene rings is 1. The lowest BCUT2D eigenvalue weighted by Crippen LogP contribution is -1.86. The van der Waals surface area contributed by atoms with Gasteiger partial charge in [0, 0.05) is 11.4 Å². The van der Waals surface area contributed by atoms with Gasteiger partial charge >= 0.3 is 0 Å². The van der Waals surface area contributed by atoms with E-state index >= 15 is 0 Å². The van der Waals surface area contributed by atoms with Crippen LogP contribution in [0.2, 0.25) is 0 Å². The summed E-state index contributed by atoms with van der Waals surface area (Å²) < 4.78 is 12.6. The quantitative estimate of drug-likeness (QED) is 0.705. The van der Waals surface area contributed by atoms with Gasteiger partial charge in [0.1, 0.15) is 11.6 Å². The number of phenols is 1. The molecule has 0 heterocycles. The zero-order valence-corrected chi connectivity index (χ0v) is 7.11. The van der Waals surface area contributed by atoms with E-state index in [1.165, 1.54) is 18.2 Å². The first-order chi connectivity index (χ1) is 5.65. The molecule has 3 heteroatoms. The Hall–Kier alpha value is -1.02.